The fraction of sp³-hybridized carbons (Fsp3) is 0.300. The van der Waals surface area contributed by atoms with Crippen LogP contribution in [0.1, 0.15) is 27.7 Å². The Hall–Kier alpha value is -2.53. The van der Waals surface area contributed by atoms with Gasteiger partial charge < -0.3 is 9.07 Å². The van der Waals surface area contributed by atoms with Crippen LogP contribution in [0, 0.1) is 0 Å². The molecule has 0 N–H and O–H groups in total. The lowest BCUT2D eigenvalue weighted by atomic mass is 9.23. The monoisotopic (exact) mass is 357 g/mol. The second kappa shape index (κ2) is 5.26. The topological polar surface area (TPSA) is 56.7 Å². The third kappa shape index (κ3) is 2.31. The van der Waals surface area contributed by atoms with Crippen molar-refractivity contribution in [3.8, 4) is 0 Å². The second-order valence-corrected chi connectivity index (χ2v) is 8.32. The van der Waals surface area contributed by atoms with Crippen molar-refractivity contribution >= 4 is 47.3 Å². The summed E-state index contributed by atoms with van der Waals surface area (Å²) in [5, 5.41) is 0.463. The van der Waals surface area contributed by atoms with Gasteiger partial charge in [-0.15, -0.1) is 0 Å². The molecule has 0 atom stereocenters. The number of fused-ring (bicyclic) bond motifs is 4. The summed E-state index contributed by atoms with van der Waals surface area (Å²) in [4.78, 5) is 17.6. The van der Waals surface area contributed by atoms with E-state index >= 15 is 0 Å². The van der Waals surface area contributed by atoms with Crippen LogP contribution in [0.5, 0.6) is 0 Å². The van der Waals surface area contributed by atoms with Gasteiger partial charge in [0.25, 0.3) is 12.4 Å². The molecule has 1 saturated heterocycles. The minimum absolute atomic E-state index is 0.0677. The van der Waals surface area contributed by atoms with Gasteiger partial charge >= 0.3 is 5.84 Å². The minimum Gasteiger partial charge on any atom is -0.435 e. The number of hydrogen-bond acceptors (Lipinski definition) is 4. The summed E-state index contributed by atoms with van der Waals surface area (Å²) >= 11 is 0. The molecule has 4 aromatic rings. The van der Waals surface area contributed by atoms with E-state index in [0.717, 1.165) is 16.5 Å². The van der Waals surface area contributed by atoms with E-state index in [1.165, 1.54) is 4.40 Å². The number of hydrogen-bond donors (Lipinski definition) is 0. The summed E-state index contributed by atoms with van der Waals surface area (Å²) in [6.45, 7) is 8.38. The fourth-order valence-corrected chi connectivity index (χ4v) is 3.71. The first-order valence-electron chi connectivity index (χ1n) is 9.15. The molecule has 3 heterocycles. The summed E-state index contributed by atoms with van der Waals surface area (Å²) in [6.07, 6.45) is 0. The second-order valence-electron chi connectivity index (χ2n) is 8.32. The number of rotatable bonds is 1. The van der Waals surface area contributed by atoms with E-state index in [2.05, 4.69) is 39.8 Å². The van der Waals surface area contributed by atoms with Crippen LogP contribution in [0.3, 0.4) is 0 Å². The van der Waals surface area contributed by atoms with Crippen LogP contribution in [0.25, 0.3) is 27.8 Å². The molecule has 0 saturated carbocycles. The summed E-state index contributed by atoms with van der Waals surface area (Å²) in [6, 6.07) is 13.2. The molecule has 0 spiro atoms. The highest BCUT2D eigenvalue weighted by Gasteiger charge is 2.50. The van der Waals surface area contributed by atoms with Gasteiger partial charge in [-0.25, -0.2) is 4.40 Å². The molecule has 133 valence electrons. The van der Waals surface area contributed by atoms with Crippen molar-refractivity contribution in [3.63, 3.8) is 0 Å². The number of imidazole rings is 1. The summed E-state index contributed by atoms with van der Waals surface area (Å²) in [5.41, 5.74) is 2.57. The molecule has 27 heavy (non-hydrogen) atoms. The zero-order chi connectivity index (χ0) is 19.0. The standard InChI is InChI=1S/C20H19B2N2O3/c1-19(2)20(3,4)27-22(21-19)12-9-10-16-13(11-12)17(25)24-15-8-6-5-7-14(15)23-18(24)26-16/h5-11H,1-4H3. The highest BCUT2D eigenvalue weighted by atomic mass is 16.5. The molecule has 2 aromatic heterocycles. The lowest BCUT2D eigenvalue weighted by Crippen LogP contribution is -2.37. The third-order valence-corrected chi connectivity index (χ3v) is 6.04. The molecule has 1 fully saturated rings. The quantitative estimate of drug-likeness (QED) is 0.492. The molecule has 1 radical (unpaired) electrons. The molecule has 5 rings (SSSR count). The van der Waals surface area contributed by atoms with Gasteiger partial charge in [0.05, 0.1) is 16.4 Å². The molecule has 0 amide bonds. The highest BCUT2D eigenvalue weighted by Crippen LogP contribution is 2.45. The van der Waals surface area contributed by atoms with Crippen LogP contribution < -0.4 is 11.0 Å². The lowest BCUT2D eigenvalue weighted by molar-refractivity contribution is 0.0881. The van der Waals surface area contributed by atoms with E-state index < -0.39 is 0 Å². The van der Waals surface area contributed by atoms with Crippen molar-refractivity contribution in [1.82, 2.24) is 9.38 Å². The molecular formula is C20H19B2N2O3. The summed E-state index contributed by atoms with van der Waals surface area (Å²) in [5.74, 6) is 0.312. The zero-order valence-electron chi connectivity index (χ0n) is 15.8. The number of para-hydroxylation sites is 2. The Labute approximate surface area is 157 Å². The van der Waals surface area contributed by atoms with Crippen LogP contribution in [-0.2, 0) is 4.65 Å². The van der Waals surface area contributed by atoms with E-state index in [1.54, 1.807) is 0 Å². The van der Waals surface area contributed by atoms with Crippen LogP contribution in [0.4, 0.5) is 0 Å². The zero-order valence-corrected chi connectivity index (χ0v) is 15.8. The first kappa shape index (κ1) is 16.6. The highest BCUT2D eigenvalue weighted by molar-refractivity contribution is 7.18. The summed E-state index contributed by atoms with van der Waals surface area (Å²) in [7, 11) is 2.21. The fourth-order valence-electron chi connectivity index (χ4n) is 3.71. The predicted octanol–water partition coefficient (Wildman–Crippen LogP) is 3.00. The third-order valence-electron chi connectivity index (χ3n) is 6.04. The Morgan fingerprint density at radius 2 is 1.89 bits per heavy atom. The normalized spacial score (nSPS) is 18.4. The van der Waals surface area contributed by atoms with Gasteiger partial charge in [0.2, 0.25) is 0 Å². The van der Waals surface area contributed by atoms with E-state index in [0.29, 0.717) is 16.8 Å². The molecule has 5 nitrogen and oxygen atoms in total. The van der Waals surface area contributed by atoms with E-state index in [9.17, 15) is 4.79 Å². The molecule has 0 unspecified atom stereocenters. The van der Waals surface area contributed by atoms with Crippen LogP contribution in [0.15, 0.2) is 51.7 Å². The van der Waals surface area contributed by atoms with Crippen molar-refractivity contribution in [2.45, 2.75) is 38.6 Å². The van der Waals surface area contributed by atoms with Crippen molar-refractivity contribution in [3.05, 3.63) is 52.8 Å². The maximum Gasteiger partial charge on any atom is 0.310 e. The van der Waals surface area contributed by atoms with Crippen LogP contribution >= 0.6 is 0 Å². The van der Waals surface area contributed by atoms with Crippen molar-refractivity contribution in [1.29, 1.82) is 0 Å². The number of benzene rings is 2. The van der Waals surface area contributed by atoms with E-state index in [-0.39, 0.29) is 23.3 Å². The Morgan fingerprint density at radius 3 is 2.63 bits per heavy atom. The molecule has 7 heteroatoms. The maximum atomic E-state index is 13.2. The Balaban J connectivity index is 1.72. The van der Waals surface area contributed by atoms with Crippen molar-refractivity contribution in [2.24, 2.45) is 0 Å². The largest absolute Gasteiger partial charge is 0.435 e. The van der Waals surface area contributed by atoms with Gasteiger partial charge in [-0.3, -0.25) is 4.79 Å². The van der Waals surface area contributed by atoms with Gasteiger partial charge in [-0.2, -0.15) is 4.98 Å². The van der Waals surface area contributed by atoms with Gasteiger partial charge in [0.1, 0.15) is 12.8 Å². The number of nitrogens with zero attached hydrogens (tertiary/aromatic N) is 2. The first-order valence-corrected chi connectivity index (χ1v) is 9.15. The molecule has 1 aliphatic heterocycles. The SMILES string of the molecule is CC1(C)[B]B(c2ccc3oc4nc5ccccc5n4c(=O)c3c2)OC1(C)C. The first-order chi connectivity index (χ1) is 12.8. The van der Waals surface area contributed by atoms with Gasteiger partial charge in [0.15, 0.2) is 0 Å². The molecule has 1 aliphatic rings. The lowest BCUT2D eigenvalue weighted by Gasteiger charge is -2.34. The Bertz CT molecular complexity index is 1260. The van der Waals surface area contributed by atoms with E-state index in [1.807, 2.05) is 42.5 Å². The van der Waals surface area contributed by atoms with Crippen LogP contribution in [0.2, 0.25) is 5.31 Å². The summed E-state index contributed by atoms with van der Waals surface area (Å²) < 4.78 is 13.7. The molecular weight excluding hydrogens is 338 g/mol. The van der Waals surface area contributed by atoms with Crippen molar-refractivity contribution in [2.75, 3.05) is 0 Å². The van der Waals surface area contributed by atoms with Crippen molar-refractivity contribution < 1.29 is 9.07 Å². The minimum atomic E-state index is -0.276. The Morgan fingerprint density at radius 1 is 1.11 bits per heavy atom. The smallest absolute Gasteiger partial charge is 0.310 e. The maximum absolute atomic E-state index is 13.2. The van der Waals surface area contributed by atoms with Gasteiger partial charge in [0, 0.05) is 5.60 Å². The predicted molar refractivity (Wildman–Crippen MR) is 109 cm³/mol. The Kier molecular flexibility index (Phi) is 3.24. The molecule has 0 aliphatic carbocycles. The average Bonchev–Trinajstić information content (AvgIpc) is 3.08. The van der Waals surface area contributed by atoms with E-state index in [4.69, 9.17) is 9.07 Å². The van der Waals surface area contributed by atoms with Crippen LogP contribution in [-0.4, -0.2) is 29.0 Å². The molecule has 2 aromatic carbocycles. The number of aromatic nitrogens is 2. The molecule has 0 bridgehead atoms. The average molecular weight is 357 g/mol. The van der Waals surface area contributed by atoms with Gasteiger partial charge in [-0.1, -0.05) is 37.5 Å². The van der Waals surface area contributed by atoms with Gasteiger partial charge in [-0.05, 0) is 43.4 Å².